The fraction of sp³-hybridized carbons (Fsp3) is 0.588. The van der Waals surface area contributed by atoms with Crippen molar-refractivity contribution < 1.29 is 4.74 Å². The molecule has 4 nitrogen and oxygen atoms in total. The molecule has 0 radical (unpaired) electrons. The van der Waals surface area contributed by atoms with Crippen molar-refractivity contribution in [3.05, 3.63) is 29.3 Å². The van der Waals surface area contributed by atoms with Crippen LogP contribution in [0.25, 0.3) is 0 Å². The van der Waals surface area contributed by atoms with Crippen molar-refractivity contribution in [1.29, 1.82) is 0 Å². The number of benzene rings is 1. The molecule has 1 aromatic carbocycles. The minimum absolute atomic E-state index is 0.293. The van der Waals surface area contributed by atoms with Crippen LogP contribution in [0.2, 0.25) is 5.02 Å². The molecule has 1 aliphatic heterocycles. The number of nitrogens with one attached hydrogen (secondary N) is 1. The predicted molar refractivity (Wildman–Crippen MR) is 102 cm³/mol. The van der Waals surface area contributed by atoms with Crippen LogP contribution in [0.4, 0.5) is 5.69 Å². The van der Waals surface area contributed by atoms with Gasteiger partial charge in [0.25, 0.3) is 0 Å². The zero-order valence-electron chi connectivity index (χ0n) is 13.9. The van der Waals surface area contributed by atoms with Crippen LogP contribution in [0.15, 0.2) is 24.3 Å². The molecule has 1 heterocycles. The molecule has 0 bridgehead atoms. The molecule has 23 heavy (non-hydrogen) atoms. The van der Waals surface area contributed by atoms with Crippen molar-refractivity contribution in [1.82, 2.24) is 10.2 Å². The molecule has 0 spiro atoms. The van der Waals surface area contributed by atoms with E-state index in [1.165, 1.54) is 5.69 Å². The number of hydrogen-bond donors (Lipinski definition) is 1. The largest absolute Gasteiger partial charge is 0.379 e. The van der Waals surface area contributed by atoms with Crippen molar-refractivity contribution in [2.75, 3.05) is 44.2 Å². The van der Waals surface area contributed by atoms with E-state index in [9.17, 15) is 0 Å². The first-order chi connectivity index (χ1) is 11.1. The van der Waals surface area contributed by atoms with Crippen LogP contribution in [0.5, 0.6) is 0 Å². The van der Waals surface area contributed by atoms with Gasteiger partial charge in [-0.1, -0.05) is 17.7 Å². The lowest BCUT2D eigenvalue weighted by molar-refractivity contribution is 0.0776. The monoisotopic (exact) mass is 355 g/mol. The van der Waals surface area contributed by atoms with Crippen LogP contribution in [0.1, 0.15) is 20.3 Å². The Morgan fingerprint density at radius 2 is 2.04 bits per heavy atom. The van der Waals surface area contributed by atoms with Gasteiger partial charge in [0.1, 0.15) is 0 Å². The first-order valence-corrected chi connectivity index (χ1v) is 9.00. The summed E-state index contributed by atoms with van der Waals surface area (Å²) >= 11 is 11.6. The Labute approximate surface area is 149 Å². The summed E-state index contributed by atoms with van der Waals surface area (Å²) in [7, 11) is 0. The summed E-state index contributed by atoms with van der Waals surface area (Å²) in [5.41, 5.74) is 1.18. The second kappa shape index (κ2) is 9.30. The maximum atomic E-state index is 6.07. The van der Waals surface area contributed by atoms with E-state index in [0.29, 0.717) is 6.10 Å². The molecule has 128 valence electrons. The van der Waals surface area contributed by atoms with Gasteiger partial charge in [-0.05, 0) is 50.7 Å². The lowest BCUT2D eigenvalue weighted by Crippen LogP contribution is -2.52. The Morgan fingerprint density at radius 1 is 1.30 bits per heavy atom. The highest BCUT2D eigenvalue weighted by Crippen LogP contribution is 2.20. The van der Waals surface area contributed by atoms with Gasteiger partial charge in [-0.3, -0.25) is 0 Å². The Hall–Kier alpha value is -1.04. The normalized spacial score (nSPS) is 15.1. The Morgan fingerprint density at radius 3 is 2.70 bits per heavy atom. The van der Waals surface area contributed by atoms with E-state index in [4.69, 9.17) is 28.6 Å². The van der Waals surface area contributed by atoms with Crippen molar-refractivity contribution in [3.63, 3.8) is 0 Å². The molecule has 1 aliphatic rings. The van der Waals surface area contributed by atoms with Gasteiger partial charge in [0.2, 0.25) is 0 Å². The quantitative estimate of drug-likeness (QED) is 0.625. The maximum absolute atomic E-state index is 6.07. The molecule has 0 unspecified atom stereocenters. The molecular weight excluding hydrogens is 330 g/mol. The van der Waals surface area contributed by atoms with Gasteiger partial charge in [-0.2, -0.15) is 0 Å². The maximum Gasteiger partial charge on any atom is 0.169 e. The smallest absolute Gasteiger partial charge is 0.169 e. The van der Waals surface area contributed by atoms with E-state index in [2.05, 4.69) is 35.0 Å². The van der Waals surface area contributed by atoms with Crippen LogP contribution >= 0.6 is 23.8 Å². The summed E-state index contributed by atoms with van der Waals surface area (Å²) in [5.74, 6) is 0. The first-order valence-electron chi connectivity index (χ1n) is 8.21. The summed E-state index contributed by atoms with van der Waals surface area (Å²) in [4.78, 5) is 4.58. The van der Waals surface area contributed by atoms with Crippen molar-refractivity contribution in [2.45, 2.75) is 26.4 Å². The molecule has 2 rings (SSSR count). The molecule has 0 aromatic heterocycles. The van der Waals surface area contributed by atoms with Gasteiger partial charge in [0.15, 0.2) is 5.11 Å². The number of halogens is 1. The summed E-state index contributed by atoms with van der Waals surface area (Å²) in [6.07, 6.45) is 1.27. The Balaban J connectivity index is 1.68. The molecule has 0 saturated carbocycles. The van der Waals surface area contributed by atoms with Gasteiger partial charge >= 0.3 is 0 Å². The van der Waals surface area contributed by atoms with Crippen LogP contribution in [-0.2, 0) is 4.74 Å². The highest BCUT2D eigenvalue weighted by atomic mass is 35.5. The molecule has 0 aliphatic carbocycles. The molecule has 1 N–H and O–H groups in total. The van der Waals surface area contributed by atoms with Crippen LogP contribution in [0.3, 0.4) is 0 Å². The van der Waals surface area contributed by atoms with E-state index in [-0.39, 0.29) is 0 Å². The third-order valence-electron chi connectivity index (χ3n) is 3.79. The van der Waals surface area contributed by atoms with Gasteiger partial charge in [-0.25, -0.2) is 0 Å². The highest BCUT2D eigenvalue weighted by Gasteiger charge is 2.19. The molecule has 1 aromatic rings. The molecule has 1 saturated heterocycles. The van der Waals surface area contributed by atoms with Gasteiger partial charge < -0.3 is 19.9 Å². The van der Waals surface area contributed by atoms with Gasteiger partial charge in [0, 0.05) is 50.0 Å². The van der Waals surface area contributed by atoms with E-state index in [0.717, 1.165) is 55.9 Å². The minimum Gasteiger partial charge on any atom is -0.379 e. The Bertz CT molecular complexity index is 504. The standard InChI is InChI=1S/C17H26ClN3OS/c1-14(2)22-12-4-7-19-17(23)21-10-8-20(9-11-21)16-6-3-5-15(18)13-16/h3,5-6,13-14H,4,7-12H2,1-2H3,(H,19,23). The SMILES string of the molecule is CC(C)OCCCNC(=S)N1CCN(c2cccc(Cl)c2)CC1. The third kappa shape index (κ3) is 6.16. The number of ether oxygens (including phenoxy) is 1. The number of thiocarbonyl (C=S) groups is 1. The second-order valence-corrected chi connectivity index (χ2v) is 6.78. The van der Waals surface area contributed by atoms with Crippen molar-refractivity contribution in [3.8, 4) is 0 Å². The second-order valence-electron chi connectivity index (χ2n) is 5.96. The topological polar surface area (TPSA) is 27.7 Å². The highest BCUT2D eigenvalue weighted by molar-refractivity contribution is 7.80. The molecule has 0 atom stereocenters. The zero-order chi connectivity index (χ0) is 16.7. The molecular formula is C17H26ClN3OS. The lowest BCUT2D eigenvalue weighted by Gasteiger charge is -2.37. The third-order valence-corrected chi connectivity index (χ3v) is 4.43. The van der Waals surface area contributed by atoms with E-state index in [1.54, 1.807) is 0 Å². The van der Waals surface area contributed by atoms with Crippen LogP contribution < -0.4 is 10.2 Å². The number of hydrogen-bond acceptors (Lipinski definition) is 3. The average Bonchev–Trinajstić information content (AvgIpc) is 2.54. The molecule has 0 amide bonds. The number of piperazine rings is 1. The zero-order valence-corrected chi connectivity index (χ0v) is 15.5. The Kier molecular flexibility index (Phi) is 7.40. The molecule has 6 heteroatoms. The fourth-order valence-electron chi connectivity index (χ4n) is 2.54. The van der Waals surface area contributed by atoms with Gasteiger partial charge in [-0.15, -0.1) is 0 Å². The van der Waals surface area contributed by atoms with Crippen LogP contribution in [0, 0.1) is 0 Å². The summed E-state index contributed by atoms with van der Waals surface area (Å²) < 4.78 is 5.53. The summed E-state index contributed by atoms with van der Waals surface area (Å²) in [5, 5.41) is 4.96. The fourth-order valence-corrected chi connectivity index (χ4v) is 3.01. The number of nitrogens with zero attached hydrogens (tertiary/aromatic N) is 2. The number of anilines is 1. The number of rotatable bonds is 6. The van der Waals surface area contributed by atoms with Crippen LogP contribution in [-0.4, -0.2) is 55.4 Å². The van der Waals surface area contributed by atoms with E-state index in [1.807, 2.05) is 18.2 Å². The average molecular weight is 356 g/mol. The van der Waals surface area contributed by atoms with E-state index >= 15 is 0 Å². The summed E-state index contributed by atoms with van der Waals surface area (Å²) in [6.45, 7) is 9.52. The van der Waals surface area contributed by atoms with Crippen molar-refractivity contribution >= 4 is 34.6 Å². The predicted octanol–water partition coefficient (Wildman–Crippen LogP) is 3.15. The minimum atomic E-state index is 0.293. The summed E-state index contributed by atoms with van der Waals surface area (Å²) in [6, 6.07) is 8.02. The van der Waals surface area contributed by atoms with E-state index < -0.39 is 0 Å². The first kappa shape index (κ1) is 18.3. The molecule has 1 fully saturated rings. The van der Waals surface area contributed by atoms with Gasteiger partial charge in [0.05, 0.1) is 6.10 Å². The lowest BCUT2D eigenvalue weighted by atomic mass is 10.2. The van der Waals surface area contributed by atoms with Crippen molar-refractivity contribution in [2.24, 2.45) is 0 Å².